The van der Waals surface area contributed by atoms with E-state index >= 15 is 0 Å². The van der Waals surface area contributed by atoms with Crippen LogP contribution < -0.4 is 20.5 Å². The van der Waals surface area contributed by atoms with Crippen molar-refractivity contribution >= 4 is 41.5 Å². The maximum Gasteiger partial charge on any atom is 0.253 e. The molecule has 30 heavy (non-hydrogen) atoms. The molecular weight excluding hydrogens is 495 g/mol. The molecule has 0 aromatic heterocycles. The number of nitrogens with two attached hydrogens (primary N) is 1. The zero-order chi connectivity index (χ0) is 21.2. The number of nitrogens with zero attached hydrogens (tertiary/aromatic N) is 2. The van der Waals surface area contributed by atoms with Gasteiger partial charge in [0, 0.05) is 32.3 Å². The molecule has 0 radical (unpaired) electrons. The Balaban J connectivity index is 0.00000450. The maximum atomic E-state index is 12.1. The van der Waals surface area contributed by atoms with Gasteiger partial charge in [0.1, 0.15) is 11.5 Å². The first-order valence-corrected chi connectivity index (χ1v) is 9.71. The van der Waals surface area contributed by atoms with Gasteiger partial charge in [-0.25, -0.2) is 0 Å². The predicted molar refractivity (Wildman–Crippen MR) is 132 cm³/mol. The second-order valence-electron chi connectivity index (χ2n) is 6.57. The highest BCUT2D eigenvalue weighted by molar-refractivity contribution is 14.0. The zero-order valence-corrected chi connectivity index (χ0v) is 20.3. The second kappa shape index (κ2) is 12.9. The van der Waals surface area contributed by atoms with Gasteiger partial charge in [0.05, 0.1) is 18.9 Å². The number of rotatable bonds is 9. The van der Waals surface area contributed by atoms with Gasteiger partial charge in [0.15, 0.2) is 5.96 Å². The lowest BCUT2D eigenvalue weighted by Gasteiger charge is -2.14. The minimum absolute atomic E-state index is 0. The molecule has 8 heteroatoms. The number of benzene rings is 2. The highest BCUT2D eigenvalue weighted by Crippen LogP contribution is 2.29. The summed E-state index contributed by atoms with van der Waals surface area (Å²) in [7, 11) is 3.48. The Labute approximate surface area is 195 Å². The average Bonchev–Trinajstić information content (AvgIpc) is 2.70. The van der Waals surface area contributed by atoms with Crippen LogP contribution in [0.2, 0.25) is 0 Å². The summed E-state index contributed by atoms with van der Waals surface area (Å²) in [6.07, 6.45) is 0.675. The third-order valence-electron chi connectivity index (χ3n) is 4.09. The summed E-state index contributed by atoms with van der Waals surface area (Å²) in [5.41, 5.74) is 8.46. The quantitative estimate of drug-likeness (QED) is 0.295. The van der Waals surface area contributed by atoms with E-state index < -0.39 is 0 Å². The second-order valence-corrected chi connectivity index (χ2v) is 6.57. The van der Waals surface area contributed by atoms with Gasteiger partial charge in [0.25, 0.3) is 5.91 Å². The van der Waals surface area contributed by atoms with Crippen LogP contribution in [0.3, 0.4) is 0 Å². The number of guanidine groups is 1. The van der Waals surface area contributed by atoms with Gasteiger partial charge in [0.2, 0.25) is 0 Å². The molecule has 0 heterocycles. The highest BCUT2D eigenvalue weighted by atomic mass is 127. The standard InChI is InChI=1S/C22H30N4O3.HI/c1-5-28-18-10-11-20(29-6-2)19(15-18)25-22(23)24-13-12-16-8-7-9-17(14-16)21(27)26(3)4;/h7-11,14-15H,5-6,12-13H2,1-4H3,(H3,23,24,25);1H. The number of ether oxygens (including phenoxy) is 2. The van der Waals surface area contributed by atoms with E-state index in [2.05, 4.69) is 10.3 Å². The van der Waals surface area contributed by atoms with E-state index in [9.17, 15) is 4.79 Å². The highest BCUT2D eigenvalue weighted by Gasteiger charge is 2.09. The SMILES string of the molecule is CCOc1ccc(OCC)c(NC(N)=NCCc2cccc(C(=O)N(C)C)c2)c1.I. The van der Waals surface area contributed by atoms with E-state index in [0.717, 1.165) is 11.3 Å². The fourth-order valence-electron chi connectivity index (χ4n) is 2.75. The molecular formula is C22H31IN4O3. The van der Waals surface area contributed by atoms with Crippen LogP contribution in [0.5, 0.6) is 11.5 Å². The number of amides is 1. The third kappa shape index (κ3) is 7.74. The summed E-state index contributed by atoms with van der Waals surface area (Å²) in [5.74, 6) is 1.69. The van der Waals surface area contributed by atoms with Gasteiger partial charge in [-0.1, -0.05) is 12.1 Å². The lowest BCUT2D eigenvalue weighted by Crippen LogP contribution is -2.23. The van der Waals surface area contributed by atoms with Crippen molar-refractivity contribution in [3.8, 4) is 11.5 Å². The first-order chi connectivity index (χ1) is 13.9. The molecule has 3 N–H and O–H groups in total. The molecule has 0 aliphatic heterocycles. The van der Waals surface area contributed by atoms with Crippen LogP contribution in [0.1, 0.15) is 29.8 Å². The zero-order valence-electron chi connectivity index (χ0n) is 18.0. The Kier molecular flexibility index (Phi) is 11.0. The molecule has 164 valence electrons. The van der Waals surface area contributed by atoms with E-state index in [4.69, 9.17) is 15.2 Å². The van der Waals surface area contributed by atoms with Crippen molar-refractivity contribution < 1.29 is 14.3 Å². The van der Waals surface area contributed by atoms with E-state index in [1.165, 1.54) is 0 Å². The number of hydrogen-bond donors (Lipinski definition) is 2. The largest absolute Gasteiger partial charge is 0.494 e. The molecule has 0 fully saturated rings. The molecule has 0 atom stereocenters. The number of aliphatic imine (C=N–C) groups is 1. The van der Waals surface area contributed by atoms with Gasteiger partial charge in [-0.3, -0.25) is 9.79 Å². The van der Waals surface area contributed by atoms with E-state index in [1.807, 2.05) is 56.3 Å². The normalized spacial score (nSPS) is 10.7. The summed E-state index contributed by atoms with van der Waals surface area (Å²) >= 11 is 0. The van der Waals surface area contributed by atoms with E-state index in [-0.39, 0.29) is 29.9 Å². The van der Waals surface area contributed by atoms with Crippen molar-refractivity contribution in [2.45, 2.75) is 20.3 Å². The summed E-state index contributed by atoms with van der Waals surface area (Å²) in [4.78, 5) is 18.0. The van der Waals surface area contributed by atoms with Crippen LogP contribution in [0.25, 0.3) is 0 Å². The van der Waals surface area contributed by atoms with Crippen LogP contribution >= 0.6 is 24.0 Å². The summed E-state index contributed by atoms with van der Waals surface area (Å²) in [5, 5.41) is 3.09. The predicted octanol–water partition coefficient (Wildman–Crippen LogP) is 3.77. The maximum absolute atomic E-state index is 12.1. The topological polar surface area (TPSA) is 89.2 Å². The Morgan fingerprint density at radius 2 is 1.83 bits per heavy atom. The van der Waals surface area contributed by atoms with Crippen molar-refractivity contribution in [2.75, 3.05) is 39.2 Å². The molecule has 0 aliphatic rings. The van der Waals surface area contributed by atoms with Crippen LogP contribution in [-0.4, -0.2) is 50.6 Å². The van der Waals surface area contributed by atoms with Crippen LogP contribution in [0, 0.1) is 0 Å². The minimum atomic E-state index is -0.0193. The fraction of sp³-hybridized carbons (Fsp3) is 0.364. The lowest BCUT2D eigenvalue weighted by molar-refractivity contribution is 0.0827. The number of carbonyl (C=O) groups excluding carboxylic acids is 1. The van der Waals surface area contributed by atoms with Crippen molar-refractivity contribution in [1.82, 2.24) is 4.90 Å². The van der Waals surface area contributed by atoms with Gasteiger partial charge in [-0.15, -0.1) is 24.0 Å². The molecule has 0 spiro atoms. The van der Waals surface area contributed by atoms with Crippen molar-refractivity contribution in [3.63, 3.8) is 0 Å². The summed E-state index contributed by atoms with van der Waals surface area (Å²) < 4.78 is 11.2. The average molecular weight is 526 g/mol. The minimum Gasteiger partial charge on any atom is -0.494 e. The molecule has 0 saturated heterocycles. The Hall–Kier alpha value is -2.49. The molecule has 2 aromatic rings. The molecule has 2 rings (SSSR count). The molecule has 2 aromatic carbocycles. The molecule has 1 amide bonds. The summed E-state index contributed by atoms with van der Waals surface area (Å²) in [6, 6.07) is 13.1. The number of anilines is 1. The molecule has 0 aliphatic carbocycles. The molecule has 0 unspecified atom stereocenters. The van der Waals surface area contributed by atoms with Gasteiger partial charge in [-0.2, -0.15) is 0 Å². The van der Waals surface area contributed by atoms with Crippen LogP contribution in [0.15, 0.2) is 47.5 Å². The first kappa shape index (κ1) is 25.5. The number of carbonyl (C=O) groups is 1. The Morgan fingerprint density at radius 3 is 2.50 bits per heavy atom. The fourth-order valence-corrected chi connectivity index (χ4v) is 2.75. The van der Waals surface area contributed by atoms with Gasteiger partial charge in [-0.05, 0) is 50.1 Å². The van der Waals surface area contributed by atoms with Crippen LogP contribution in [-0.2, 0) is 6.42 Å². The van der Waals surface area contributed by atoms with E-state index in [0.29, 0.717) is 49.1 Å². The third-order valence-corrected chi connectivity index (χ3v) is 4.09. The van der Waals surface area contributed by atoms with Crippen LogP contribution in [0.4, 0.5) is 5.69 Å². The monoisotopic (exact) mass is 526 g/mol. The van der Waals surface area contributed by atoms with Crippen molar-refractivity contribution in [3.05, 3.63) is 53.6 Å². The lowest BCUT2D eigenvalue weighted by atomic mass is 10.1. The van der Waals surface area contributed by atoms with Gasteiger partial charge >= 0.3 is 0 Å². The number of hydrogen-bond acceptors (Lipinski definition) is 4. The smallest absolute Gasteiger partial charge is 0.253 e. The van der Waals surface area contributed by atoms with Crippen molar-refractivity contribution in [1.29, 1.82) is 0 Å². The molecule has 0 saturated carbocycles. The first-order valence-electron chi connectivity index (χ1n) is 9.71. The molecule has 7 nitrogen and oxygen atoms in total. The Bertz CT molecular complexity index is 856. The molecule has 0 bridgehead atoms. The number of halogens is 1. The number of nitrogens with one attached hydrogen (secondary N) is 1. The summed E-state index contributed by atoms with van der Waals surface area (Å²) in [6.45, 7) is 5.47. The van der Waals surface area contributed by atoms with Gasteiger partial charge < -0.3 is 25.4 Å². The Morgan fingerprint density at radius 1 is 1.10 bits per heavy atom. The van der Waals surface area contributed by atoms with E-state index in [1.54, 1.807) is 19.0 Å². The van der Waals surface area contributed by atoms with Crippen molar-refractivity contribution in [2.24, 2.45) is 10.7 Å².